The molecule has 0 unspecified atom stereocenters. The first kappa shape index (κ1) is 15.5. The Bertz CT molecular complexity index is 474. The lowest BCUT2D eigenvalue weighted by Crippen LogP contribution is -2.21. The predicted molar refractivity (Wildman–Crippen MR) is 74.5 cm³/mol. The number of benzene rings is 1. The van der Waals surface area contributed by atoms with E-state index in [0.29, 0.717) is 29.7 Å². The van der Waals surface area contributed by atoms with E-state index in [0.717, 1.165) is 0 Å². The minimum atomic E-state index is -1.000. The van der Waals surface area contributed by atoms with E-state index >= 15 is 0 Å². The number of carboxylic acid groups (broad SMARTS) is 1. The van der Waals surface area contributed by atoms with Gasteiger partial charge in [0.1, 0.15) is 5.75 Å². The summed E-state index contributed by atoms with van der Waals surface area (Å²) < 4.78 is 6.17. The molecule has 0 spiro atoms. The summed E-state index contributed by atoms with van der Waals surface area (Å²) >= 11 is 3.29. The molecule has 1 aromatic rings. The van der Waals surface area contributed by atoms with Crippen molar-refractivity contribution < 1.29 is 19.4 Å². The second-order valence-corrected chi connectivity index (χ2v) is 5.04. The van der Waals surface area contributed by atoms with Gasteiger partial charge in [0.25, 0.3) is 0 Å². The molecule has 0 aliphatic heterocycles. The van der Waals surface area contributed by atoms with Crippen molar-refractivity contribution in [3.63, 3.8) is 0 Å². The molecule has 0 aromatic heterocycles. The van der Waals surface area contributed by atoms with Crippen molar-refractivity contribution in [2.24, 2.45) is 0 Å². The van der Waals surface area contributed by atoms with Crippen LogP contribution in [0.25, 0.3) is 0 Å². The number of amides is 1. The molecule has 0 saturated heterocycles. The summed E-state index contributed by atoms with van der Waals surface area (Å²) in [7, 11) is 3.41. The number of carboxylic acids is 1. The van der Waals surface area contributed by atoms with E-state index in [9.17, 15) is 9.59 Å². The summed E-state index contributed by atoms with van der Waals surface area (Å²) in [5.74, 6) is -0.487. The molecule has 6 heteroatoms. The Morgan fingerprint density at radius 2 is 2.05 bits per heavy atom. The SMILES string of the molecule is CN(C)C(=O)CCCOc1cc(C(=O)O)ccc1Br. The molecular weight excluding hydrogens is 314 g/mol. The summed E-state index contributed by atoms with van der Waals surface area (Å²) in [6.45, 7) is 0.362. The zero-order chi connectivity index (χ0) is 14.4. The van der Waals surface area contributed by atoms with E-state index in [4.69, 9.17) is 9.84 Å². The molecule has 104 valence electrons. The maximum absolute atomic E-state index is 11.3. The summed E-state index contributed by atoms with van der Waals surface area (Å²) in [5, 5.41) is 8.88. The van der Waals surface area contributed by atoms with E-state index in [-0.39, 0.29) is 11.5 Å². The van der Waals surface area contributed by atoms with Gasteiger partial charge in [0.15, 0.2) is 0 Å². The molecule has 0 atom stereocenters. The molecule has 0 bridgehead atoms. The number of carbonyl (C=O) groups excluding carboxylic acids is 1. The van der Waals surface area contributed by atoms with Crippen LogP contribution in [0.4, 0.5) is 0 Å². The molecule has 0 saturated carbocycles. The van der Waals surface area contributed by atoms with Crippen LogP contribution < -0.4 is 4.74 Å². The maximum atomic E-state index is 11.3. The van der Waals surface area contributed by atoms with Crippen molar-refractivity contribution in [2.75, 3.05) is 20.7 Å². The third-order valence-electron chi connectivity index (χ3n) is 2.47. The standard InChI is InChI=1S/C13H16BrNO4/c1-15(2)12(16)4-3-7-19-11-8-9(13(17)18)5-6-10(11)14/h5-6,8H,3-4,7H2,1-2H3,(H,17,18). The zero-order valence-corrected chi connectivity index (χ0v) is 12.4. The van der Waals surface area contributed by atoms with Gasteiger partial charge in [-0.05, 0) is 40.5 Å². The normalized spacial score (nSPS) is 10.1. The fourth-order valence-electron chi connectivity index (χ4n) is 1.38. The van der Waals surface area contributed by atoms with Gasteiger partial charge in [-0.2, -0.15) is 0 Å². The number of halogens is 1. The molecule has 0 radical (unpaired) electrons. The number of hydrogen-bond donors (Lipinski definition) is 1. The third-order valence-corrected chi connectivity index (χ3v) is 3.12. The fraction of sp³-hybridized carbons (Fsp3) is 0.385. The Kier molecular flexibility index (Phi) is 5.82. The van der Waals surface area contributed by atoms with Crippen molar-refractivity contribution >= 4 is 27.8 Å². The van der Waals surface area contributed by atoms with Gasteiger partial charge in [-0.3, -0.25) is 4.79 Å². The minimum absolute atomic E-state index is 0.0435. The molecular formula is C13H16BrNO4. The van der Waals surface area contributed by atoms with E-state index in [1.165, 1.54) is 17.0 Å². The van der Waals surface area contributed by atoms with Crippen molar-refractivity contribution in [2.45, 2.75) is 12.8 Å². The van der Waals surface area contributed by atoms with Crippen molar-refractivity contribution in [1.82, 2.24) is 4.90 Å². The lowest BCUT2D eigenvalue weighted by Gasteiger charge is -2.11. The summed E-state index contributed by atoms with van der Waals surface area (Å²) in [6.07, 6.45) is 0.990. The van der Waals surface area contributed by atoms with Gasteiger partial charge < -0.3 is 14.7 Å². The van der Waals surface area contributed by atoms with Crippen LogP contribution in [0.2, 0.25) is 0 Å². The first-order valence-electron chi connectivity index (χ1n) is 5.77. The van der Waals surface area contributed by atoms with Crippen LogP contribution in [0.5, 0.6) is 5.75 Å². The number of nitrogens with zero attached hydrogens (tertiary/aromatic N) is 1. The van der Waals surface area contributed by atoms with E-state index in [2.05, 4.69) is 15.9 Å². The molecule has 0 aliphatic rings. The highest BCUT2D eigenvalue weighted by Crippen LogP contribution is 2.26. The largest absolute Gasteiger partial charge is 0.492 e. The lowest BCUT2D eigenvalue weighted by atomic mass is 10.2. The number of carbonyl (C=O) groups is 2. The molecule has 1 aromatic carbocycles. The Hall–Kier alpha value is -1.56. The minimum Gasteiger partial charge on any atom is -0.492 e. The Morgan fingerprint density at radius 3 is 2.63 bits per heavy atom. The highest BCUT2D eigenvalue weighted by atomic mass is 79.9. The van der Waals surface area contributed by atoms with Crippen LogP contribution in [0.1, 0.15) is 23.2 Å². The smallest absolute Gasteiger partial charge is 0.335 e. The van der Waals surface area contributed by atoms with Crippen molar-refractivity contribution in [3.8, 4) is 5.75 Å². The maximum Gasteiger partial charge on any atom is 0.335 e. The molecule has 1 amide bonds. The average Bonchev–Trinajstić information content (AvgIpc) is 2.35. The summed E-state index contributed by atoms with van der Waals surface area (Å²) in [6, 6.07) is 4.58. The molecule has 0 aliphatic carbocycles. The Balaban J connectivity index is 2.51. The van der Waals surface area contributed by atoms with Crippen LogP contribution in [-0.4, -0.2) is 42.6 Å². The van der Waals surface area contributed by atoms with E-state index < -0.39 is 5.97 Å². The van der Waals surface area contributed by atoms with E-state index in [1.807, 2.05) is 0 Å². The molecule has 1 rings (SSSR count). The predicted octanol–water partition coefficient (Wildman–Crippen LogP) is 2.39. The second-order valence-electron chi connectivity index (χ2n) is 4.19. The van der Waals surface area contributed by atoms with Gasteiger partial charge in [-0.1, -0.05) is 0 Å². The number of ether oxygens (including phenoxy) is 1. The molecule has 19 heavy (non-hydrogen) atoms. The molecule has 0 heterocycles. The second kappa shape index (κ2) is 7.13. The number of hydrogen-bond acceptors (Lipinski definition) is 3. The molecule has 0 fully saturated rings. The quantitative estimate of drug-likeness (QED) is 0.814. The first-order chi connectivity index (χ1) is 8.91. The summed E-state index contributed by atoms with van der Waals surface area (Å²) in [4.78, 5) is 23.7. The van der Waals surface area contributed by atoms with Gasteiger partial charge in [-0.15, -0.1) is 0 Å². The number of aromatic carboxylic acids is 1. The van der Waals surface area contributed by atoms with Gasteiger partial charge in [-0.25, -0.2) is 4.79 Å². The van der Waals surface area contributed by atoms with Crippen molar-refractivity contribution in [1.29, 1.82) is 0 Å². The van der Waals surface area contributed by atoms with Gasteiger partial charge in [0.2, 0.25) is 5.91 Å². The topological polar surface area (TPSA) is 66.8 Å². The lowest BCUT2D eigenvalue weighted by molar-refractivity contribution is -0.128. The van der Waals surface area contributed by atoms with Crippen molar-refractivity contribution in [3.05, 3.63) is 28.2 Å². The van der Waals surface area contributed by atoms with Gasteiger partial charge in [0, 0.05) is 20.5 Å². The van der Waals surface area contributed by atoms with Gasteiger partial charge >= 0.3 is 5.97 Å². The molecule has 5 nitrogen and oxygen atoms in total. The van der Waals surface area contributed by atoms with Crippen LogP contribution in [0.3, 0.4) is 0 Å². The Morgan fingerprint density at radius 1 is 1.37 bits per heavy atom. The fourth-order valence-corrected chi connectivity index (χ4v) is 1.74. The van der Waals surface area contributed by atoms with Crippen LogP contribution in [0.15, 0.2) is 22.7 Å². The van der Waals surface area contributed by atoms with E-state index in [1.54, 1.807) is 20.2 Å². The molecule has 1 N–H and O–H groups in total. The Labute approximate surface area is 120 Å². The number of rotatable bonds is 6. The average molecular weight is 330 g/mol. The highest BCUT2D eigenvalue weighted by Gasteiger charge is 2.08. The van der Waals surface area contributed by atoms with Crippen LogP contribution >= 0.6 is 15.9 Å². The third kappa shape index (κ3) is 4.90. The monoisotopic (exact) mass is 329 g/mol. The van der Waals surface area contributed by atoms with Gasteiger partial charge in [0.05, 0.1) is 16.6 Å². The summed E-state index contributed by atoms with van der Waals surface area (Å²) in [5.41, 5.74) is 0.169. The highest BCUT2D eigenvalue weighted by molar-refractivity contribution is 9.10. The zero-order valence-electron chi connectivity index (χ0n) is 10.9. The van der Waals surface area contributed by atoms with Crippen LogP contribution in [-0.2, 0) is 4.79 Å². The first-order valence-corrected chi connectivity index (χ1v) is 6.57. The van der Waals surface area contributed by atoms with Crippen LogP contribution in [0, 0.1) is 0 Å².